The minimum absolute atomic E-state index is 0.143. The second kappa shape index (κ2) is 7.15. The molecule has 1 aromatic heterocycles. The van der Waals surface area contributed by atoms with Crippen LogP contribution in [0.3, 0.4) is 0 Å². The molecule has 0 bridgehead atoms. The summed E-state index contributed by atoms with van der Waals surface area (Å²) in [5, 5.41) is 10.0. The molecule has 112 valence electrons. The van der Waals surface area contributed by atoms with Crippen LogP contribution in [0.15, 0.2) is 30.5 Å². The van der Waals surface area contributed by atoms with Gasteiger partial charge in [-0.05, 0) is 37.5 Å². The molecule has 1 heterocycles. The van der Waals surface area contributed by atoms with Crippen LogP contribution in [-0.2, 0) is 0 Å². The summed E-state index contributed by atoms with van der Waals surface area (Å²) in [6.45, 7) is 5.83. The molecule has 0 aliphatic carbocycles. The van der Waals surface area contributed by atoms with Gasteiger partial charge in [0, 0.05) is 18.2 Å². The van der Waals surface area contributed by atoms with E-state index in [1.54, 1.807) is 6.20 Å². The van der Waals surface area contributed by atoms with Crippen molar-refractivity contribution in [1.82, 2.24) is 4.98 Å². The fourth-order valence-electron chi connectivity index (χ4n) is 2.21. The Kier molecular flexibility index (Phi) is 5.24. The molecule has 1 aromatic carbocycles. The highest BCUT2D eigenvalue weighted by molar-refractivity contribution is 7.16. The van der Waals surface area contributed by atoms with E-state index in [9.17, 15) is 10.1 Å². The normalized spacial score (nSPS) is 11.3. The monoisotopic (exact) mass is 310 g/mol. The van der Waals surface area contributed by atoms with E-state index in [4.69, 9.17) is 0 Å². The Hall–Kier alpha value is -2.25. The minimum Gasteiger partial charge on any atom is -0.293 e. The van der Waals surface area contributed by atoms with Gasteiger partial charge in [0.1, 0.15) is 5.01 Å². The number of allylic oxidation sites excluding steroid dienone is 2. The average Bonchev–Trinajstić information content (AvgIpc) is 3.00. The molecule has 0 amide bonds. The summed E-state index contributed by atoms with van der Waals surface area (Å²) in [5.41, 5.74) is 3.56. The summed E-state index contributed by atoms with van der Waals surface area (Å²) in [7, 11) is 0. The van der Waals surface area contributed by atoms with E-state index in [-0.39, 0.29) is 5.78 Å². The number of aryl methyl sites for hydroxylation is 1. The molecule has 0 fully saturated rings. The third-order valence-electron chi connectivity index (χ3n) is 3.44. The molecule has 0 N–H and O–H groups in total. The van der Waals surface area contributed by atoms with E-state index in [1.165, 1.54) is 11.3 Å². The SMILES string of the molecule is C/C=C(/C#N)c1cc(-c2ncc(C(=O)CCC)s2)ccc1C. The maximum atomic E-state index is 11.9. The number of thiazole rings is 1. The number of carbonyl (C=O) groups is 1. The molecule has 0 spiro atoms. The molecular formula is C18H18N2OS. The van der Waals surface area contributed by atoms with Crippen LogP contribution in [0.25, 0.3) is 16.1 Å². The van der Waals surface area contributed by atoms with Crippen molar-refractivity contribution in [3.05, 3.63) is 46.5 Å². The molecule has 2 aromatic rings. The van der Waals surface area contributed by atoms with E-state index in [2.05, 4.69) is 11.1 Å². The first-order chi connectivity index (χ1) is 10.6. The van der Waals surface area contributed by atoms with Crippen molar-refractivity contribution in [3.8, 4) is 16.6 Å². The summed E-state index contributed by atoms with van der Waals surface area (Å²) < 4.78 is 0. The van der Waals surface area contributed by atoms with Crippen LogP contribution in [0, 0.1) is 18.3 Å². The number of benzene rings is 1. The lowest BCUT2D eigenvalue weighted by molar-refractivity contribution is 0.0985. The highest BCUT2D eigenvalue weighted by atomic mass is 32.1. The molecular weight excluding hydrogens is 292 g/mol. The van der Waals surface area contributed by atoms with E-state index in [0.717, 1.165) is 28.1 Å². The Morgan fingerprint density at radius 2 is 2.23 bits per heavy atom. The van der Waals surface area contributed by atoms with Gasteiger partial charge in [-0.2, -0.15) is 5.26 Å². The lowest BCUT2D eigenvalue weighted by Gasteiger charge is -2.06. The van der Waals surface area contributed by atoms with Gasteiger partial charge < -0.3 is 0 Å². The van der Waals surface area contributed by atoms with Gasteiger partial charge in [0.05, 0.1) is 16.5 Å². The summed E-state index contributed by atoms with van der Waals surface area (Å²) in [6, 6.07) is 8.16. The lowest BCUT2D eigenvalue weighted by atomic mass is 9.99. The molecule has 3 nitrogen and oxygen atoms in total. The lowest BCUT2D eigenvalue weighted by Crippen LogP contribution is -1.93. The average molecular weight is 310 g/mol. The van der Waals surface area contributed by atoms with Crippen LogP contribution in [0.2, 0.25) is 0 Å². The van der Waals surface area contributed by atoms with Crippen LogP contribution in [0.5, 0.6) is 0 Å². The fourth-order valence-corrected chi connectivity index (χ4v) is 3.09. The molecule has 0 atom stereocenters. The first-order valence-electron chi connectivity index (χ1n) is 7.27. The molecule has 0 radical (unpaired) electrons. The molecule has 0 unspecified atom stereocenters. The zero-order chi connectivity index (χ0) is 16.1. The highest BCUT2D eigenvalue weighted by Crippen LogP contribution is 2.30. The number of Topliss-reactive ketones (excluding diaryl/α,β-unsaturated/α-hetero) is 1. The zero-order valence-electron chi connectivity index (χ0n) is 13.0. The van der Waals surface area contributed by atoms with Gasteiger partial charge in [0.2, 0.25) is 0 Å². The van der Waals surface area contributed by atoms with Crippen molar-refractivity contribution in [2.75, 3.05) is 0 Å². The third kappa shape index (κ3) is 3.32. The second-order valence-electron chi connectivity index (χ2n) is 5.05. The highest BCUT2D eigenvalue weighted by Gasteiger charge is 2.12. The van der Waals surface area contributed by atoms with Crippen molar-refractivity contribution in [2.45, 2.75) is 33.6 Å². The molecule has 0 aliphatic heterocycles. The number of rotatable bonds is 5. The zero-order valence-corrected chi connectivity index (χ0v) is 13.8. The summed E-state index contributed by atoms with van der Waals surface area (Å²) in [5.74, 6) is 0.143. The molecule has 2 rings (SSSR count). The van der Waals surface area contributed by atoms with E-state index in [1.807, 2.05) is 45.0 Å². The largest absolute Gasteiger partial charge is 0.293 e. The molecule has 22 heavy (non-hydrogen) atoms. The number of hydrogen-bond acceptors (Lipinski definition) is 4. The Morgan fingerprint density at radius 1 is 1.45 bits per heavy atom. The fraction of sp³-hybridized carbons (Fsp3) is 0.278. The Balaban J connectivity index is 2.40. The number of hydrogen-bond donors (Lipinski definition) is 0. The number of nitriles is 1. The predicted molar refractivity (Wildman–Crippen MR) is 90.8 cm³/mol. The predicted octanol–water partition coefficient (Wildman–Crippen LogP) is 5.03. The maximum Gasteiger partial charge on any atom is 0.174 e. The van der Waals surface area contributed by atoms with Gasteiger partial charge in [0.25, 0.3) is 0 Å². The van der Waals surface area contributed by atoms with Crippen LogP contribution in [0.4, 0.5) is 0 Å². The molecule has 0 aliphatic rings. The van der Waals surface area contributed by atoms with Crippen molar-refractivity contribution in [1.29, 1.82) is 5.26 Å². The summed E-state index contributed by atoms with van der Waals surface area (Å²) in [4.78, 5) is 17.0. The van der Waals surface area contributed by atoms with Crippen molar-refractivity contribution in [3.63, 3.8) is 0 Å². The minimum atomic E-state index is 0.143. The van der Waals surface area contributed by atoms with Crippen molar-refractivity contribution >= 4 is 22.7 Å². The second-order valence-corrected chi connectivity index (χ2v) is 6.08. The van der Waals surface area contributed by atoms with E-state index in [0.29, 0.717) is 16.9 Å². The quantitative estimate of drug-likeness (QED) is 0.575. The summed E-state index contributed by atoms with van der Waals surface area (Å²) >= 11 is 1.41. The van der Waals surface area contributed by atoms with Crippen LogP contribution < -0.4 is 0 Å². The number of aromatic nitrogens is 1. The maximum absolute atomic E-state index is 11.9. The standard InChI is InChI=1S/C18H18N2OS/c1-4-6-16(21)17-11-20-18(22-17)14-8-7-12(3)15(9-14)13(5-2)10-19/h5,7-9,11H,4,6H2,1-3H3/b13-5-. The van der Waals surface area contributed by atoms with Crippen molar-refractivity contribution < 1.29 is 4.79 Å². The van der Waals surface area contributed by atoms with Crippen LogP contribution >= 0.6 is 11.3 Å². The first-order valence-corrected chi connectivity index (χ1v) is 8.09. The van der Waals surface area contributed by atoms with Gasteiger partial charge in [-0.25, -0.2) is 4.98 Å². The Bertz CT molecular complexity index is 766. The smallest absolute Gasteiger partial charge is 0.174 e. The summed E-state index contributed by atoms with van der Waals surface area (Å²) in [6.07, 6.45) is 4.86. The van der Waals surface area contributed by atoms with Gasteiger partial charge in [-0.1, -0.05) is 25.1 Å². The van der Waals surface area contributed by atoms with Gasteiger partial charge in [-0.15, -0.1) is 11.3 Å². The van der Waals surface area contributed by atoms with Gasteiger partial charge in [-0.3, -0.25) is 4.79 Å². The molecule has 0 saturated carbocycles. The molecule has 0 saturated heterocycles. The Labute approximate surface area is 134 Å². The van der Waals surface area contributed by atoms with Gasteiger partial charge >= 0.3 is 0 Å². The third-order valence-corrected chi connectivity index (χ3v) is 4.53. The van der Waals surface area contributed by atoms with Crippen molar-refractivity contribution in [2.24, 2.45) is 0 Å². The first kappa shape index (κ1) is 16.1. The van der Waals surface area contributed by atoms with Crippen LogP contribution in [-0.4, -0.2) is 10.8 Å². The van der Waals surface area contributed by atoms with Crippen LogP contribution in [0.1, 0.15) is 47.5 Å². The number of nitrogens with zero attached hydrogens (tertiary/aromatic N) is 2. The number of carbonyl (C=O) groups excluding carboxylic acids is 1. The number of ketones is 1. The molecule has 4 heteroatoms. The topological polar surface area (TPSA) is 53.8 Å². The van der Waals surface area contributed by atoms with Gasteiger partial charge in [0.15, 0.2) is 5.78 Å². The Morgan fingerprint density at radius 3 is 2.86 bits per heavy atom. The van der Waals surface area contributed by atoms with E-state index < -0.39 is 0 Å². The van der Waals surface area contributed by atoms with E-state index >= 15 is 0 Å².